The van der Waals surface area contributed by atoms with E-state index in [1.165, 1.54) is 6.20 Å². The van der Waals surface area contributed by atoms with E-state index in [4.69, 9.17) is 10.5 Å². The highest BCUT2D eigenvalue weighted by molar-refractivity contribution is 9.10. The summed E-state index contributed by atoms with van der Waals surface area (Å²) in [4.78, 5) is 4.14. The fourth-order valence-corrected chi connectivity index (χ4v) is 1.80. The topological polar surface area (TPSA) is 72.5 Å². The van der Waals surface area contributed by atoms with Gasteiger partial charge in [0.25, 0.3) is 0 Å². The Hall–Kier alpha value is -2.37. The van der Waals surface area contributed by atoms with Crippen molar-refractivity contribution in [1.82, 2.24) is 4.98 Å². The van der Waals surface area contributed by atoms with Crippen molar-refractivity contribution in [3.8, 4) is 12.1 Å². The van der Waals surface area contributed by atoms with E-state index in [1.807, 2.05) is 6.07 Å². The largest absolute Gasteiger partial charge is 0.339 e. The summed E-state index contributed by atoms with van der Waals surface area (Å²) in [6, 6.07) is 12.8. The summed E-state index contributed by atoms with van der Waals surface area (Å²) in [6.07, 6.45) is 1.50. The Morgan fingerprint density at radius 2 is 1.72 bits per heavy atom. The van der Waals surface area contributed by atoms with E-state index in [1.54, 1.807) is 30.3 Å². The van der Waals surface area contributed by atoms with Gasteiger partial charge in [-0.3, -0.25) is 0 Å². The van der Waals surface area contributed by atoms with E-state index in [0.29, 0.717) is 21.4 Å². The third-order valence-electron chi connectivity index (χ3n) is 2.25. The van der Waals surface area contributed by atoms with Crippen molar-refractivity contribution >= 4 is 27.4 Å². The van der Waals surface area contributed by atoms with Crippen LogP contribution >= 0.6 is 15.9 Å². The quantitative estimate of drug-likeness (QED) is 0.923. The van der Waals surface area contributed by atoms with Gasteiger partial charge in [-0.25, -0.2) is 4.98 Å². The van der Waals surface area contributed by atoms with Gasteiger partial charge in [-0.2, -0.15) is 10.5 Å². The molecule has 0 aliphatic rings. The number of halogens is 1. The summed E-state index contributed by atoms with van der Waals surface area (Å²) >= 11 is 3.35. The van der Waals surface area contributed by atoms with Gasteiger partial charge in [-0.05, 0) is 46.3 Å². The van der Waals surface area contributed by atoms with E-state index in [-0.39, 0.29) is 0 Å². The standard InChI is InChI=1S/C13H7BrN4/c14-12-5-10(7-16)8-17-13(12)18-11-3-1-9(6-15)2-4-11/h1-5,8H,(H,17,18). The predicted molar refractivity (Wildman–Crippen MR) is 71.1 cm³/mol. The Bertz CT molecular complexity index is 650. The van der Waals surface area contributed by atoms with Gasteiger partial charge in [0.15, 0.2) is 0 Å². The third kappa shape index (κ3) is 2.65. The minimum absolute atomic E-state index is 0.493. The zero-order chi connectivity index (χ0) is 13.0. The molecule has 0 spiro atoms. The van der Waals surface area contributed by atoms with Crippen LogP contribution in [0.4, 0.5) is 11.5 Å². The summed E-state index contributed by atoms with van der Waals surface area (Å²) in [5.74, 6) is 0.624. The van der Waals surface area contributed by atoms with Crippen LogP contribution in [0.1, 0.15) is 11.1 Å². The van der Waals surface area contributed by atoms with Gasteiger partial charge in [-0.1, -0.05) is 0 Å². The van der Waals surface area contributed by atoms with Crippen LogP contribution in [0.3, 0.4) is 0 Å². The van der Waals surface area contributed by atoms with Crippen LogP contribution in [0.5, 0.6) is 0 Å². The van der Waals surface area contributed by atoms with Crippen LogP contribution < -0.4 is 5.32 Å². The molecule has 0 saturated carbocycles. The van der Waals surface area contributed by atoms with Gasteiger partial charge in [0.05, 0.1) is 21.7 Å². The summed E-state index contributed by atoms with van der Waals surface area (Å²) in [7, 11) is 0. The number of benzene rings is 1. The Morgan fingerprint density at radius 3 is 2.28 bits per heavy atom. The summed E-state index contributed by atoms with van der Waals surface area (Å²) in [5, 5.41) is 20.5. The molecule has 0 aliphatic carbocycles. The van der Waals surface area contributed by atoms with Crippen LogP contribution in [-0.4, -0.2) is 4.98 Å². The molecule has 5 heteroatoms. The highest BCUT2D eigenvalue weighted by atomic mass is 79.9. The molecule has 1 aromatic heterocycles. The average Bonchev–Trinajstić information content (AvgIpc) is 2.42. The van der Waals surface area contributed by atoms with E-state index in [2.05, 4.69) is 32.3 Å². The molecule has 0 fully saturated rings. The SMILES string of the molecule is N#Cc1ccc(Nc2ncc(C#N)cc2Br)cc1. The number of nitrogens with zero attached hydrogens (tertiary/aromatic N) is 3. The first kappa shape index (κ1) is 12.1. The molecule has 0 radical (unpaired) electrons. The van der Waals surface area contributed by atoms with Gasteiger partial charge in [0, 0.05) is 11.9 Å². The predicted octanol–water partition coefficient (Wildman–Crippen LogP) is 3.33. The van der Waals surface area contributed by atoms with Gasteiger partial charge >= 0.3 is 0 Å². The number of hydrogen-bond donors (Lipinski definition) is 1. The second kappa shape index (κ2) is 5.31. The number of nitriles is 2. The molecule has 0 amide bonds. The van der Waals surface area contributed by atoms with Crippen LogP contribution in [0.2, 0.25) is 0 Å². The van der Waals surface area contributed by atoms with Gasteiger partial charge in [0.2, 0.25) is 0 Å². The van der Waals surface area contributed by atoms with Crippen molar-refractivity contribution in [2.24, 2.45) is 0 Å². The smallest absolute Gasteiger partial charge is 0.144 e. The lowest BCUT2D eigenvalue weighted by Gasteiger charge is -2.07. The van der Waals surface area contributed by atoms with Crippen LogP contribution in [0.25, 0.3) is 0 Å². The molecule has 0 bridgehead atoms. The van der Waals surface area contributed by atoms with Crippen LogP contribution in [-0.2, 0) is 0 Å². The van der Waals surface area contributed by atoms with Gasteiger partial charge < -0.3 is 5.32 Å². The zero-order valence-corrected chi connectivity index (χ0v) is 10.8. The maximum Gasteiger partial charge on any atom is 0.144 e. The first-order valence-electron chi connectivity index (χ1n) is 5.06. The Balaban J connectivity index is 2.24. The minimum Gasteiger partial charge on any atom is -0.339 e. The van der Waals surface area contributed by atoms with Crippen molar-refractivity contribution in [2.45, 2.75) is 0 Å². The molecule has 1 N–H and O–H groups in total. The Kier molecular flexibility index (Phi) is 3.57. The zero-order valence-electron chi connectivity index (χ0n) is 9.18. The second-order valence-electron chi connectivity index (χ2n) is 3.48. The van der Waals surface area contributed by atoms with Crippen molar-refractivity contribution in [2.75, 3.05) is 5.32 Å². The molecular weight excluding hydrogens is 292 g/mol. The molecule has 0 unspecified atom stereocenters. The highest BCUT2D eigenvalue weighted by Crippen LogP contribution is 2.24. The normalized spacial score (nSPS) is 9.28. The number of aromatic nitrogens is 1. The highest BCUT2D eigenvalue weighted by Gasteiger charge is 2.03. The third-order valence-corrected chi connectivity index (χ3v) is 2.85. The van der Waals surface area contributed by atoms with E-state index in [9.17, 15) is 0 Å². The molecule has 2 rings (SSSR count). The first-order valence-corrected chi connectivity index (χ1v) is 5.85. The monoisotopic (exact) mass is 298 g/mol. The molecule has 0 aliphatic heterocycles. The van der Waals surface area contributed by atoms with Gasteiger partial charge in [0.1, 0.15) is 11.9 Å². The van der Waals surface area contributed by atoms with Crippen molar-refractivity contribution in [1.29, 1.82) is 10.5 Å². The van der Waals surface area contributed by atoms with Crippen molar-refractivity contribution in [3.05, 3.63) is 52.1 Å². The summed E-state index contributed by atoms with van der Waals surface area (Å²) in [6.45, 7) is 0. The van der Waals surface area contributed by atoms with Crippen molar-refractivity contribution < 1.29 is 0 Å². The number of pyridine rings is 1. The molecule has 1 aromatic carbocycles. The average molecular weight is 299 g/mol. The molecule has 86 valence electrons. The molecule has 2 aromatic rings. The van der Waals surface area contributed by atoms with Gasteiger partial charge in [-0.15, -0.1) is 0 Å². The molecule has 18 heavy (non-hydrogen) atoms. The summed E-state index contributed by atoms with van der Waals surface area (Å²) < 4.78 is 0.714. The fourth-order valence-electron chi connectivity index (χ4n) is 1.36. The lowest BCUT2D eigenvalue weighted by Crippen LogP contribution is -1.95. The van der Waals surface area contributed by atoms with Crippen LogP contribution in [0.15, 0.2) is 41.0 Å². The molecule has 1 heterocycles. The minimum atomic E-state index is 0.493. The molecule has 0 saturated heterocycles. The Morgan fingerprint density at radius 1 is 1.06 bits per heavy atom. The van der Waals surface area contributed by atoms with E-state index in [0.717, 1.165) is 5.69 Å². The lowest BCUT2D eigenvalue weighted by atomic mass is 10.2. The Labute approximate surface area is 113 Å². The first-order chi connectivity index (χ1) is 8.72. The maximum absolute atomic E-state index is 8.74. The number of hydrogen-bond acceptors (Lipinski definition) is 4. The number of nitrogens with one attached hydrogen (secondary N) is 1. The molecule has 0 atom stereocenters. The fraction of sp³-hybridized carbons (Fsp3) is 0. The molecule has 4 nitrogen and oxygen atoms in total. The van der Waals surface area contributed by atoms with Crippen LogP contribution in [0, 0.1) is 22.7 Å². The second-order valence-corrected chi connectivity index (χ2v) is 4.33. The maximum atomic E-state index is 8.74. The summed E-state index contributed by atoms with van der Waals surface area (Å²) in [5.41, 5.74) is 1.92. The van der Waals surface area contributed by atoms with E-state index >= 15 is 0 Å². The molecular formula is C13H7BrN4. The number of rotatable bonds is 2. The lowest BCUT2D eigenvalue weighted by molar-refractivity contribution is 1.27. The van der Waals surface area contributed by atoms with E-state index < -0.39 is 0 Å². The van der Waals surface area contributed by atoms with Crippen molar-refractivity contribution in [3.63, 3.8) is 0 Å². The number of anilines is 2.